The smallest absolute Gasteiger partial charge is 0.260 e. The predicted octanol–water partition coefficient (Wildman–Crippen LogP) is 1.01. The van der Waals surface area contributed by atoms with E-state index >= 15 is 0 Å². The summed E-state index contributed by atoms with van der Waals surface area (Å²) in [7, 11) is 0. The summed E-state index contributed by atoms with van der Waals surface area (Å²) in [6.45, 7) is 0. The Labute approximate surface area is 67.5 Å². The third-order valence-electron chi connectivity index (χ3n) is 1.46. The van der Waals surface area contributed by atoms with Gasteiger partial charge in [0.05, 0.1) is 0 Å². The molecule has 12 heavy (non-hydrogen) atoms. The van der Waals surface area contributed by atoms with Gasteiger partial charge in [0.1, 0.15) is 5.69 Å². The second kappa shape index (κ2) is 2.69. The molecule has 60 valence electrons. The van der Waals surface area contributed by atoms with Crippen LogP contribution in [0.15, 0.2) is 24.5 Å². The molecule has 5 heteroatoms. The molecule has 0 spiro atoms. The van der Waals surface area contributed by atoms with Crippen LogP contribution >= 0.6 is 0 Å². The highest BCUT2D eigenvalue weighted by Crippen LogP contribution is 2.15. The molecule has 4 nitrogen and oxygen atoms in total. The number of H-pyrrole nitrogens is 1. The number of nitrogens with one attached hydrogen (secondary N) is 1. The molecular weight excluding hydrogens is 159 g/mol. The lowest BCUT2D eigenvalue weighted by Gasteiger charge is -1.91. The van der Waals surface area contributed by atoms with Gasteiger partial charge in [-0.3, -0.25) is 4.98 Å². The lowest BCUT2D eigenvalue weighted by molar-refractivity contribution is 0.581. The van der Waals surface area contributed by atoms with Crippen molar-refractivity contribution in [2.24, 2.45) is 0 Å². The van der Waals surface area contributed by atoms with Gasteiger partial charge in [-0.15, -0.1) is 5.10 Å². The molecule has 0 bridgehead atoms. The first kappa shape index (κ1) is 6.90. The Kier molecular flexibility index (Phi) is 1.55. The van der Waals surface area contributed by atoms with Crippen molar-refractivity contribution in [1.29, 1.82) is 0 Å². The second-order valence-corrected chi connectivity index (χ2v) is 2.20. The monoisotopic (exact) mass is 164 g/mol. The van der Waals surface area contributed by atoms with E-state index in [2.05, 4.69) is 20.4 Å². The van der Waals surface area contributed by atoms with Gasteiger partial charge in [-0.25, -0.2) is 0 Å². The van der Waals surface area contributed by atoms with Crippen molar-refractivity contribution in [2.45, 2.75) is 0 Å². The minimum atomic E-state index is -0.596. The molecule has 2 aromatic rings. The molecule has 0 radical (unpaired) electrons. The average molecular weight is 164 g/mol. The molecule has 0 aromatic carbocycles. The number of aromatic nitrogens is 4. The molecule has 2 aromatic heterocycles. The second-order valence-electron chi connectivity index (χ2n) is 2.20. The number of pyridine rings is 1. The maximum absolute atomic E-state index is 12.8. The highest BCUT2D eigenvalue weighted by atomic mass is 19.1. The highest BCUT2D eigenvalue weighted by Gasteiger charge is 2.07. The van der Waals surface area contributed by atoms with Crippen molar-refractivity contribution in [3.8, 4) is 11.3 Å². The van der Waals surface area contributed by atoms with Crippen LogP contribution in [0.1, 0.15) is 0 Å². The summed E-state index contributed by atoms with van der Waals surface area (Å²) in [5.74, 6) is -0.596. The van der Waals surface area contributed by atoms with Gasteiger partial charge in [-0.2, -0.15) is 14.7 Å². The Hall–Kier alpha value is -1.78. The van der Waals surface area contributed by atoms with Crippen LogP contribution in [0.25, 0.3) is 11.3 Å². The normalized spacial score (nSPS) is 10.1. The Balaban J connectivity index is 2.51. The number of hydrogen-bond acceptors (Lipinski definition) is 3. The zero-order valence-electron chi connectivity index (χ0n) is 6.03. The molecule has 0 fully saturated rings. The van der Waals surface area contributed by atoms with Crippen LogP contribution in [0.5, 0.6) is 0 Å². The summed E-state index contributed by atoms with van der Waals surface area (Å²) in [5, 5.41) is 9.12. The molecule has 0 amide bonds. The van der Waals surface area contributed by atoms with E-state index < -0.39 is 5.95 Å². The summed E-state index contributed by atoms with van der Waals surface area (Å²) >= 11 is 0. The first-order valence-electron chi connectivity index (χ1n) is 3.34. The molecule has 0 saturated carbocycles. The summed E-state index contributed by atoms with van der Waals surface area (Å²) in [6.07, 6.45) is 3.15. The van der Waals surface area contributed by atoms with Gasteiger partial charge in [0, 0.05) is 18.0 Å². The van der Waals surface area contributed by atoms with Gasteiger partial charge < -0.3 is 0 Å². The fourth-order valence-corrected chi connectivity index (χ4v) is 0.911. The average Bonchev–Trinajstić information content (AvgIpc) is 2.53. The van der Waals surface area contributed by atoms with E-state index in [1.165, 1.54) is 0 Å². The maximum Gasteiger partial charge on any atom is 0.260 e. The van der Waals surface area contributed by atoms with Gasteiger partial charge in [-0.1, -0.05) is 0 Å². The van der Waals surface area contributed by atoms with Crippen LogP contribution in [-0.2, 0) is 0 Å². The van der Waals surface area contributed by atoms with Crippen molar-refractivity contribution >= 4 is 0 Å². The largest absolute Gasteiger partial charge is 0.265 e. The minimum Gasteiger partial charge on any atom is -0.265 e. The van der Waals surface area contributed by atoms with E-state index in [0.717, 1.165) is 0 Å². The molecule has 2 rings (SSSR count). The standard InChI is InChI=1S/C7H5FN4/c8-7-6(10-12-11-7)5-1-3-9-4-2-5/h1-4H,(H,10,11,12). The fourth-order valence-electron chi connectivity index (χ4n) is 0.911. The molecule has 2 heterocycles. The highest BCUT2D eigenvalue weighted by molar-refractivity contribution is 5.56. The Morgan fingerprint density at radius 3 is 2.50 bits per heavy atom. The number of hydrogen-bond donors (Lipinski definition) is 1. The zero-order chi connectivity index (χ0) is 8.39. The first-order chi connectivity index (χ1) is 5.88. The van der Waals surface area contributed by atoms with E-state index in [1.807, 2.05) is 0 Å². The van der Waals surface area contributed by atoms with Crippen molar-refractivity contribution in [3.05, 3.63) is 30.5 Å². The van der Waals surface area contributed by atoms with Crippen molar-refractivity contribution in [1.82, 2.24) is 20.4 Å². The Morgan fingerprint density at radius 2 is 1.92 bits per heavy atom. The number of rotatable bonds is 1. The van der Waals surface area contributed by atoms with Gasteiger partial charge >= 0.3 is 0 Å². The van der Waals surface area contributed by atoms with E-state index in [4.69, 9.17) is 0 Å². The molecular formula is C7H5FN4. The van der Waals surface area contributed by atoms with Crippen LogP contribution < -0.4 is 0 Å². The summed E-state index contributed by atoms with van der Waals surface area (Å²) < 4.78 is 12.8. The zero-order valence-corrected chi connectivity index (χ0v) is 6.03. The molecule has 0 saturated heterocycles. The summed E-state index contributed by atoms with van der Waals surface area (Å²) in [6, 6.07) is 3.34. The topological polar surface area (TPSA) is 54.5 Å². The summed E-state index contributed by atoms with van der Waals surface area (Å²) in [4.78, 5) is 3.80. The lowest BCUT2D eigenvalue weighted by atomic mass is 10.2. The van der Waals surface area contributed by atoms with E-state index in [0.29, 0.717) is 5.56 Å². The summed E-state index contributed by atoms with van der Waals surface area (Å²) in [5.41, 5.74) is 0.883. The van der Waals surface area contributed by atoms with Gasteiger partial charge in [0.25, 0.3) is 5.95 Å². The van der Waals surface area contributed by atoms with Gasteiger partial charge in [-0.05, 0) is 12.1 Å². The van der Waals surface area contributed by atoms with Crippen LogP contribution in [0.3, 0.4) is 0 Å². The lowest BCUT2D eigenvalue weighted by Crippen LogP contribution is -1.81. The van der Waals surface area contributed by atoms with Crippen LogP contribution in [0.4, 0.5) is 4.39 Å². The van der Waals surface area contributed by atoms with Crippen LogP contribution in [0.2, 0.25) is 0 Å². The van der Waals surface area contributed by atoms with Crippen molar-refractivity contribution < 1.29 is 4.39 Å². The third-order valence-corrected chi connectivity index (χ3v) is 1.46. The van der Waals surface area contributed by atoms with Gasteiger partial charge in [0.15, 0.2) is 0 Å². The molecule has 0 aliphatic heterocycles. The van der Waals surface area contributed by atoms with Crippen LogP contribution in [0, 0.1) is 5.95 Å². The van der Waals surface area contributed by atoms with E-state index in [1.54, 1.807) is 24.5 Å². The number of halogens is 1. The Morgan fingerprint density at radius 1 is 1.17 bits per heavy atom. The van der Waals surface area contributed by atoms with Crippen molar-refractivity contribution in [2.75, 3.05) is 0 Å². The van der Waals surface area contributed by atoms with Gasteiger partial charge in [0.2, 0.25) is 0 Å². The first-order valence-corrected chi connectivity index (χ1v) is 3.34. The van der Waals surface area contributed by atoms with Crippen molar-refractivity contribution in [3.63, 3.8) is 0 Å². The SMILES string of the molecule is Fc1n[nH]nc1-c1ccncc1. The molecule has 0 unspecified atom stereocenters. The van der Waals surface area contributed by atoms with E-state index in [-0.39, 0.29) is 5.69 Å². The number of aromatic amines is 1. The quantitative estimate of drug-likeness (QED) is 0.684. The number of nitrogens with zero attached hydrogens (tertiary/aromatic N) is 3. The minimum absolute atomic E-state index is 0.220. The van der Waals surface area contributed by atoms with Crippen LogP contribution in [-0.4, -0.2) is 20.4 Å². The Bertz CT molecular complexity index is 370. The molecule has 0 aliphatic carbocycles. The maximum atomic E-state index is 12.8. The molecule has 0 aliphatic rings. The van der Waals surface area contributed by atoms with E-state index in [9.17, 15) is 4.39 Å². The fraction of sp³-hybridized carbons (Fsp3) is 0. The molecule has 0 atom stereocenters. The molecule has 1 N–H and O–H groups in total. The predicted molar refractivity (Wildman–Crippen MR) is 39.6 cm³/mol. The third kappa shape index (κ3) is 1.05.